The van der Waals surface area contributed by atoms with Gasteiger partial charge in [0.25, 0.3) is 0 Å². The van der Waals surface area contributed by atoms with Crippen LogP contribution in [0.1, 0.15) is 27.0 Å². The Morgan fingerprint density at radius 3 is 1.56 bits per heavy atom. The Balaban J connectivity index is 0.000000269. The highest BCUT2D eigenvalue weighted by Gasteiger charge is 2.22. The molecule has 0 aliphatic heterocycles. The molecule has 1 N–H and O–H groups in total. The lowest BCUT2D eigenvalue weighted by Gasteiger charge is -2.07. The van der Waals surface area contributed by atoms with E-state index in [9.17, 15) is 36.2 Å². The highest BCUT2D eigenvalue weighted by Crippen LogP contribution is 2.19. The summed E-state index contributed by atoms with van der Waals surface area (Å²) in [5.74, 6) is -1.58. The third kappa shape index (κ3) is 10.7. The average Bonchev–Trinajstić information content (AvgIpc) is 2.82. The Kier molecular flexibility index (Phi) is 9.54. The molecule has 1 aromatic heterocycles. The molecule has 1 heterocycles. The van der Waals surface area contributed by atoms with E-state index >= 15 is 0 Å². The van der Waals surface area contributed by atoms with E-state index in [0.717, 1.165) is 12.2 Å². The van der Waals surface area contributed by atoms with E-state index in [1.165, 1.54) is 53.2 Å². The second-order valence-corrected chi connectivity index (χ2v) is 6.96. The monoisotopic (exact) mass is 508 g/mol. The molecule has 2 aromatic carbocycles. The van der Waals surface area contributed by atoms with Gasteiger partial charge in [0.15, 0.2) is 0 Å². The van der Waals surface area contributed by atoms with Crippen LogP contribution in [0.15, 0.2) is 96.4 Å². The molecule has 0 atom stereocenters. The minimum atomic E-state index is -4.36. The van der Waals surface area contributed by atoms with Crippen LogP contribution in [0, 0.1) is 0 Å². The molecule has 188 valence electrons. The van der Waals surface area contributed by atoms with Gasteiger partial charge in [-0.15, -0.1) is 0 Å². The van der Waals surface area contributed by atoms with Crippen molar-refractivity contribution in [3.63, 3.8) is 0 Å². The molecule has 0 saturated heterocycles. The number of rotatable bonds is 5. The summed E-state index contributed by atoms with van der Waals surface area (Å²) in [4.78, 5) is 10.4. The standard InChI is InChI=1S/C15H11F3N2O.C10H7F3O2/c16-15(17,18)9-8-12-4-6-13(7-5-12)14(21)19-20-10-2-1-3-11-20;11-10(12,13)6-5-7-1-3-8(4-2-7)9(14)15/h1-11H;1-6H,(H,14,15)/b9-8+;6-5+. The van der Waals surface area contributed by atoms with Gasteiger partial charge in [0.2, 0.25) is 12.4 Å². The maximum atomic E-state index is 12.0. The second kappa shape index (κ2) is 12.3. The van der Waals surface area contributed by atoms with Crippen molar-refractivity contribution in [1.82, 2.24) is 0 Å². The Morgan fingerprint density at radius 1 is 0.750 bits per heavy atom. The number of carboxylic acids is 1. The zero-order valence-electron chi connectivity index (χ0n) is 18.2. The van der Waals surface area contributed by atoms with Gasteiger partial charge in [0.05, 0.1) is 11.5 Å². The molecule has 0 spiro atoms. The predicted molar refractivity (Wildman–Crippen MR) is 119 cm³/mol. The third-order valence-corrected chi connectivity index (χ3v) is 4.15. The lowest BCUT2D eigenvalue weighted by Crippen LogP contribution is -2.33. The molecule has 3 rings (SSSR count). The number of hydrogen-bond acceptors (Lipinski definition) is 3. The molecule has 3 aromatic rings. The minimum absolute atomic E-state index is 0.0409. The quantitative estimate of drug-likeness (QED) is 0.226. The largest absolute Gasteiger partial charge is 0.854 e. The van der Waals surface area contributed by atoms with Crippen LogP contribution in [0.3, 0.4) is 0 Å². The van der Waals surface area contributed by atoms with E-state index < -0.39 is 24.2 Å². The van der Waals surface area contributed by atoms with Crippen LogP contribution in [0.5, 0.6) is 0 Å². The van der Waals surface area contributed by atoms with Gasteiger partial charge < -0.3 is 10.2 Å². The summed E-state index contributed by atoms with van der Waals surface area (Å²) < 4.78 is 72.8. The molecule has 0 aliphatic carbocycles. The molecule has 5 nitrogen and oxygen atoms in total. The predicted octanol–water partition coefficient (Wildman–Crippen LogP) is 5.08. The van der Waals surface area contributed by atoms with E-state index in [4.69, 9.17) is 5.11 Å². The number of hydrogen-bond donors (Lipinski definition) is 1. The summed E-state index contributed by atoms with van der Waals surface area (Å²) >= 11 is 0. The highest BCUT2D eigenvalue weighted by atomic mass is 19.4. The van der Waals surface area contributed by atoms with E-state index in [-0.39, 0.29) is 17.7 Å². The number of carbonyl (C=O) groups is 1. The number of aromatic nitrogens is 1. The molecule has 0 radical (unpaired) electrons. The molecule has 0 bridgehead atoms. The number of alkyl halides is 6. The van der Waals surface area contributed by atoms with E-state index in [1.807, 2.05) is 0 Å². The van der Waals surface area contributed by atoms with Crippen molar-refractivity contribution in [1.29, 1.82) is 0 Å². The summed E-state index contributed by atoms with van der Waals surface area (Å²) in [6, 6.07) is 16.1. The molecule has 11 heteroatoms. The molecule has 0 amide bonds. The maximum absolute atomic E-state index is 12.0. The van der Waals surface area contributed by atoms with Crippen molar-refractivity contribution in [2.45, 2.75) is 12.4 Å². The number of aromatic carboxylic acids is 1. The van der Waals surface area contributed by atoms with Crippen molar-refractivity contribution >= 4 is 24.0 Å². The fourth-order valence-electron chi connectivity index (χ4n) is 2.47. The third-order valence-electron chi connectivity index (χ3n) is 4.15. The van der Waals surface area contributed by atoms with Crippen molar-refractivity contribution in [3.05, 3.63) is 114 Å². The normalized spacial score (nSPS) is 12.4. The molecular formula is C25H18F6N2O3. The molecule has 36 heavy (non-hydrogen) atoms. The lowest BCUT2D eigenvalue weighted by molar-refractivity contribution is -0.681. The van der Waals surface area contributed by atoms with Crippen LogP contribution in [0.25, 0.3) is 12.2 Å². The number of nitrogens with zero attached hydrogens (tertiary/aromatic N) is 2. The van der Waals surface area contributed by atoms with Crippen LogP contribution in [-0.4, -0.2) is 29.3 Å². The topological polar surface area (TPSA) is 76.6 Å². The van der Waals surface area contributed by atoms with Gasteiger partial charge in [-0.25, -0.2) is 4.79 Å². The number of pyridine rings is 1. The van der Waals surface area contributed by atoms with Gasteiger partial charge >= 0.3 is 18.3 Å². The van der Waals surface area contributed by atoms with Crippen LogP contribution >= 0.6 is 0 Å². The number of carboxylic acid groups (broad SMARTS) is 1. The second-order valence-electron chi connectivity index (χ2n) is 6.96. The Labute approximate surface area is 201 Å². The highest BCUT2D eigenvalue weighted by molar-refractivity contribution is 5.90. The van der Waals surface area contributed by atoms with Gasteiger partial charge in [0, 0.05) is 24.3 Å². The molecular weight excluding hydrogens is 490 g/mol. The van der Waals surface area contributed by atoms with Crippen molar-refractivity contribution in [2.24, 2.45) is 5.10 Å². The average molecular weight is 508 g/mol. The summed E-state index contributed by atoms with van der Waals surface area (Å²) in [7, 11) is 0. The number of allylic oxidation sites excluding steroid dienone is 2. The molecule has 0 unspecified atom stereocenters. The minimum Gasteiger partial charge on any atom is -0.854 e. The zero-order valence-corrected chi connectivity index (χ0v) is 18.2. The Morgan fingerprint density at radius 2 is 1.17 bits per heavy atom. The van der Waals surface area contributed by atoms with Gasteiger partial charge in [-0.1, -0.05) is 59.3 Å². The summed E-state index contributed by atoms with van der Waals surface area (Å²) in [5.41, 5.74) is 1.00. The fourth-order valence-corrected chi connectivity index (χ4v) is 2.47. The van der Waals surface area contributed by atoms with Gasteiger partial charge in [-0.05, 0) is 33.9 Å². The Bertz CT molecular complexity index is 1220. The first-order valence-electron chi connectivity index (χ1n) is 10.0. The smallest absolute Gasteiger partial charge is 0.409 e. The van der Waals surface area contributed by atoms with Crippen LogP contribution in [0.2, 0.25) is 0 Å². The SMILES string of the molecule is O=C(O)c1ccc(/C=C/C(F)(F)F)cc1.[O-]C(=N[n+]1ccccc1)c1ccc(/C=C/C(F)(F)F)cc1. The summed E-state index contributed by atoms with van der Waals surface area (Å²) in [6.45, 7) is 0. The van der Waals surface area contributed by atoms with Crippen molar-refractivity contribution in [3.8, 4) is 0 Å². The van der Waals surface area contributed by atoms with Crippen LogP contribution < -0.4 is 9.78 Å². The first kappa shape index (κ1) is 27.8. The van der Waals surface area contributed by atoms with Crippen molar-refractivity contribution in [2.75, 3.05) is 0 Å². The van der Waals surface area contributed by atoms with E-state index in [0.29, 0.717) is 16.7 Å². The van der Waals surface area contributed by atoms with E-state index in [2.05, 4.69) is 5.10 Å². The maximum Gasteiger partial charge on any atom is 0.409 e. The number of benzene rings is 2. The molecule has 0 saturated carbocycles. The molecule has 0 fully saturated rings. The van der Waals surface area contributed by atoms with Crippen LogP contribution in [0.4, 0.5) is 26.3 Å². The number of halogens is 6. The van der Waals surface area contributed by atoms with Gasteiger partial charge in [0.1, 0.15) is 0 Å². The molecule has 0 aliphatic rings. The zero-order chi connectivity index (χ0) is 26.8. The first-order chi connectivity index (χ1) is 16.8. The van der Waals surface area contributed by atoms with Gasteiger partial charge in [-0.2, -0.15) is 26.3 Å². The lowest BCUT2D eigenvalue weighted by atomic mass is 10.1. The first-order valence-corrected chi connectivity index (χ1v) is 10.0. The van der Waals surface area contributed by atoms with E-state index in [1.54, 1.807) is 30.6 Å². The summed E-state index contributed by atoms with van der Waals surface area (Å²) in [5, 5.41) is 24.2. The van der Waals surface area contributed by atoms with Gasteiger partial charge in [-0.3, -0.25) is 0 Å². The van der Waals surface area contributed by atoms with Crippen LogP contribution in [-0.2, 0) is 0 Å². The summed E-state index contributed by atoms with van der Waals surface area (Å²) in [6.07, 6.45) is -3.42. The fraction of sp³-hybridized carbons (Fsp3) is 0.0800. The van der Waals surface area contributed by atoms with Crippen molar-refractivity contribution < 1.29 is 46.0 Å². The Hall–Kier alpha value is -4.41.